The van der Waals surface area contributed by atoms with Gasteiger partial charge in [-0.3, -0.25) is 0 Å². The zero-order valence-electron chi connectivity index (χ0n) is 13.4. The minimum atomic E-state index is -4.37. The fourth-order valence-electron chi connectivity index (χ4n) is 1.98. The molecule has 0 aliphatic heterocycles. The van der Waals surface area contributed by atoms with Crippen molar-refractivity contribution in [1.82, 2.24) is 5.32 Å². The molecule has 2 aromatic carbocycles. The molecule has 0 aromatic heterocycles. The van der Waals surface area contributed by atoms with E-state index in [0.29, 0.717) is 17.2 Å². The lowest BCUT2D eigenvalue weighted by atomic mass is 10.1. The number of amides is 2. The lowest BCUT2D eigenvalue weighted by molar-refractivity contribution is -0.176. The number of hydrogen-bond acceptors (Lipinski definition) is 2. The van der Waals surface area contributed by atoms with Crippen LogP contribution in [0.4, 0.5) is 32.4 Å². The topological polar surface area (TPSA) is 50.4 Å². The maximum Gasteiger partial charge on any atom is 0.411 e. The van der Waals surface area contributed by atoms with E-state index in [1.165, 1.54) is 0 Å². The van der Waals surface area contributed by atoms with Crippen LogP contribution in [0.15, 0.2) is 42.5 Å². The molecule has 0 aliphatic rings. The second-order valence-corrected chi connectivity index (χ2v) is 5.36. The molecule has 0 saturated carbocycles. The highest BCUT2D eigenvalue weighted by Gasteiger charge is 2.27. The number of carbonyl (C=O) groups is 1. The molecule has 0 atom stereocenters. The Bertz CT molecular complexity index is 748. The molecule has 0 fully saturated rings. The molecule has 2 amide bonds. The van der Waals surface area contributed by atoms with Gasteiger partial charge >= 0.3 is 12.2 Å². The second kappa shape index (κ2) is 8.61. The second-order valence-electron chi connectivity index (χ2n) is 5.36. The van der Waals surface area contributed by atoms with Gasteiger partial charge in [0.2, 0.25) is 0 Å². The van der Waals surface area contributed by atoms with E-state index in [1.54, 1.807) is 24.3 Å². The molecule has 2 rings (SSSR count). The zero-order chi connectivity index (χ0) is 19.2. The number of halogens is 5. The minimum absolute atomic E-state index is 0.109. The fourth-order valence-corrected chi connectivity index (χ4v) is 1.98. The number of ether oxygens (including phenoxy) is 1. The number of hydrogen-bond donors (Lipinski definition) is 2. The number of nitrogens with one attached hydrogen (secondary N) is 2. The molecule has 140 valence electrons. The third-order valence-corrected chi connectivity index (χ3v) is 3.19. The maximum absolute atomic E-state index is 13.4. The normalized spacial score (nSPS) is 11.3. The summed E-state index contributed by atoms with van der Waals surface area (Å²) in [4.78, 5) is 11.7. The average molecular weight is 374 g/mol. The fraction of sp³-hybridized carbons (Fsp3) is 0.235. The summed E-state index contributed by atoms with van der Waals surface area (Å²) in [7, 11) is 0. The third kappa shape index (κ3) is 6.67. The van der Waals surface area contributed by atoms with Crippen LogP contribution in [0, 0.1) is 11.6 Å². The Morgan fingerprint density at radius 1 is 1.00 bits per heavy atom. The van der Waals surface area contributed by atoms with Crippen LogP contribution in [0.25, 0.3) is 0 Å². The summed E-state index contributed by atoms with van der Waals surface area (Å²) in [5.41, 5.74) is 1.07. The number of alkyl halides is 3. The quantitative estimate of drug-likeness (QED) is 0.738. The summed E-state index contributed by atoms with van der Waals surface area (Å²) in [6.07, 6.45) is -4.37. The predicted molar refractivity (Wildman–Crippen MR) is 84.4 cm³/mol. The van der Waals surface area contributed by atoms with Crippen LogP contribution < -0.4 is 10.6 Å². The van der Waals surface area contributed by atoms with Gasteiger partial charge in [0, 0.05) is 12.6 Å². The Morgan fingerprint density at radius 3 is 2.27 bits per heavy atom. The minimum Gasteiger partial charge on any atom is -0.367 e. The summed E-state index contributed by atoms with van der Waals surface area (Å²) in [6, 6.07) is 8.45. The van der Waals surface area contributed by atoms with Gasteiger partial charge in [0.15, 0.2) is 0 Å². The zero-order valence-corrected chi connectivity index (χ0v) is 13.4. The molecule has 0 unspecified atom stereocenters. The van der Waals surface area contributed by atoms with E-state index in [2.05, 4.69) is 15.4 Å². The molecule has 0 spiro atoms. The van der Waals surface area contributed by atoms with Gasteiger partial charge in [0.1, 0.15) is 18.2 Å². The lowest BCUT2D eigenvalue weighted by Crippen LogP contribution is -2.28. The van der Waals surface area contributed by atoms with Crippen molar-refractivity contribution in [2.75, 3.05) is 11.9 Å². The Morgan fingerprint density at radius 2 is 1.65 bits per heavy atom. The molecule has 9 heteroatoms. The SMILES string of the molecule is O=C(NCc1ccc(COCC(F)(F)F)cc1)Nc1ccc(F)cc1F. The molecule has 2 N–H and O–H groups in total. The highest BCUT2D eigenvalue weighted by atomic mass is 19.4. The first kappa shape index (κ1) is 19.6. The number of anilines is 1. The van der Waals surface area contributed by atoms with E-state index < -0.39 is 30.4 Å². The largest absolute Gasteiger partial charge is 0.411 e. The predicted octanol–water partition coefficient (Wildman–Crippen LogP) is 4.37. The van der Waals surface area contributed by atoms with Crippen molar-refractivity contribution in [2.45, 2.75) is 19.3 Å². The molecule has 4 nitrogen and oxygen atoms in total. The van der Waals surface area contributed by atoms with E-state index >= 15 is 0 Å². The first-order chi connectivity index (χ1) is 12.2. The van der Waals surface area contributed by atoms with Crippen LogP contribution in [0.5, 0.6) is 0 Å². The van der Waals surface area contributed by atoms with E-state index in [-0.39, 0.29) is 18.8 Å². The molecule has 26 heavy (non-hydrogen) atoms. The highest BCUT2D eigenvalue weighted by Crippen LogP contribution is 2.16. The summed E-state index contributed by atoms with van der Waals surface area (Å²) in [5, 5.41) is 4.72. The molecule has 0 saturated heterocycles. The lowest BCUT2D eigenvalue weighted by Gasteiger charge is -2.10. The number of rotatable bonds is 6. The summed E-state index contributed by atoms with van der Waals surface area (Å²) in [5.74, 6) is -1.66. The van der Waals surface area contributed by atoms with Crippen molar-refractivity contribution in [2.24, 2.45) is 0 Å². The van der Waals surface area contributed by atoms with Crippen LogP contribution in [-0.2, 0) is 17.9 Å². The molecular formula is C17H15F5N2O2. The maximum atomic E-state index is 13.4. The van der Waals surface area contributed by atoms with Crippen LogP contribution in [0.2, 0.25) is 0 Å². The first-order valence-electron chi connectivity index (χ1n) is 7.45. The van der Waals surface area contributed by atoms with Crippen molar-refractivity contribution in [3.05, 3.63) is 65.2 Å². The third-order valence-electron chi connectivity index (χ3n) is 3.19. The molecule has 0 bridgehead atoms. The first-order valence-corrected chi connectivity index (χ1v) is 7.45. The summed E-state index contributed by atoms with van der Waals surface area (Å²) < 4.78 is 66.7. The van der Waals surface area contributed by atoms with E-state index in [0.717, 1.165) is 12.1 Å². The van der Waals surface area contributed by atoms with E-state index in [9.17, 15) is 26.7 Å². The van der Waals surface area contributed by atoms with Crippen LogP contribution in [0.1, 0.15) is 11.1 Å². The molecule has 0 radical (unpaired) electrons. The van der Waals surface area contributed by atoms with Gasteiger partial charge in [-0.1, -0.05) is 24.3 Å². The Labute approximate surface area is 146 Å². The standard InChI is InChI=1S/C17H15F5N2O2/c18-13-5-6-15(14(19)7-13)24-16(25)23-8-11-1-3-12(4-2-11)9-26-10-17(20,21)22/h1-7H,8-10H2,(H2,23,24,25). The van der Waals surface area contributed by atoms with E-state index in [1.807, 2.05) is 0 Å². The molecular weight excluding hydrogens is 359 g/mol. The molecule has 0 heterocycles. The Balaban J connectivity index is 1.79. The van der Waals surface area contributed by atoms with Gasteiger partial charge < -0.3 is 15.4 Å². The monoisotopic (exact) mass is 374 g/mol. The molecule has 2 aromatic rings. The van der Waals surface area contributed by atoms with Gasteiger partial charge in [-0.2, -0.15) is 13.2 Å². The van der Waals surface area contributed by atoms with Gasteiger partial charge in [-0.25, -0.2) is 13.6 Å². The van der Waals surface area contributed by atoms with Gasteiger partial charge in [-0.05, 0) is 23.3 Å². The van der Waals surface area contributed by atoms with Gasteiger partial charge in [0.05, 0.1) is 12.3 Å². The van der Waals surface area contributed by atoms with Gasteiger partial charge in [-0.15, -0.1) is 0 Å². The smallest absolute Gasteiger partial charge is 0.367 e. The number of benzene rings is 2. The Kier molecular flexibility index (Phi) is 6.51. The van der Waals surface area contributed by atoms with Crippen molar-refractivity contribution >= 4 is 11.7 Å². The Hall–Kier alpha value is -2.68. The number of carbonyl (C=O) groups excluding carboxylic acids is 1. The summed E-state index contributed by atoms with van der Waals surface area (Å²) >= 11 is 0. The summed E-state index contributed by atoms with van der Waals surface area (Å²) in [6.45, 7) is -1.40. The van der Waals surface area contributed by atoms with Crippen LogP contribution in [-0.4, -0.2) is 18.8 Å². The number of urea groups is 1. The van der Waals surface area contributed by atoms with Crippen molar-refractivity contribution in [3.8, 4) is 0 Å². The van der Waals surface area contributed by atoms with E-state index in [4.69, 9.17) is 0 Å². The van der Waals surface area contributed by atoms with Crippen molar-refractivity contribution < 1.29 is 31.5 Å². The molecule has 0 aliphatic carbocycles. The van der Waals surface area contributed by atoms with Crippen LogP contribution >= 0.6 is 0 Å². The highest BCUT2D eigenvalue weighted by molar-refractivity contribution is 5.89. The van der Waals surface area contributed by atoms with Gasteiger partial charge in [0.25, 0.3) is 0 Å². The van der Waals surface area contributed by atoms with Crippen molar-refractivity contribution in [1.29, 1.82) is 0 Å². The van der Waals surface area contributed by atoms with Crippen LogP contribution in [0.3, 0.4) is 0 Å². The van der Waals surface area contributed by atoms with Crippen molar-refractivity contribution in [3.63, 3.8) is 0 Å². The average Bonchev–Trinajstić information content (AvgIpc) is 2.55.